The minimum absolute atomic E-state index is 0.287. The first-order valence-corrected chi connectivity index (χ1v) is 6.74. The minimum atomic E-state index is -0.287. The van der Waals surface area contributed by atoms with Gasteiger partial charge in [-0.25, -0.2) is 0 Å². The summed E-state index contributed by atoms with van der Waals surface area (Å²) < 4.78 is 5.31. The van der Waals surface area contributed by atoms with Gasteiger partial charge < -0.3 is 15.8 Å². The van der Waals surface area contributed by atoms with Crippen LogP contribution >= 0.6 is 0 Å². The van der Waals surface area contributed by atoms with Crippen LogP contribution in [0.1, 0.15) is 31.4 Å². The highest BCUT2D eigenvalue weighted by atomic mass is 16.5. The normalized spacial score (nSPS) is 15.4. The molecule has 0 aromatic heterocycles. The minimum Gasteiger partial charge on any atom is -0.377 e. The fourth-order valence-electron chi connectivity index (χ4n) is 2.18. The Bertz CT molecular complexity index is 480. The van der Waals surface area contributed by atoms with Gasteiger partial charge >= 0.3 is 0 Å². The quantitative estimate of drug-likeness (QED) is 0.646. The monoisotopic (exact) mass is 261 g/mol. The number of rotatable bonds is 4. The van der Waals surface area contributed by atoms with Crippen molar-refractivity contribution in [1.82, 2.24) is 0 Å². The molecule has 0 unspecified atom stereocenters. The lowest BCUT2D eigenvalue weighted by atomic mass is 10.1. The van der Waals surface area contributed by atoms with Crippen molar-refractivity contribution in [1.29, 1.82) is 0 Å². The average molecular weight is 261 g/mol. The van der Waals surface area contributed by atoms with Crippen molar-refractivity contribution in [2.45, 2.75) is 38.7 Å². The molecule has 1 aliphatic rings. The number of nitrogens with two attached hydrogens (primary N) is 1. The summed E-state index contributed by atoms with van der Waals surface area (Å²) in [4.78, 5) is 4.31. The third kappa shape index (κ3) is 3.70. The Morgan fingerprint density at radius 3 is 2.84 bits per heavy atom. The lowest BCUT2D eigenvalue weighted by Gasteiger charge is -2.20. The molecule has 4 heteroatoms. The van der Waals surface area contributed by atoms with Gasteiger partial charge in [-0.05, 0) is 56.4 Å². The molecule has 0 heterocycles. The predicted molar refractivity (Wildman–Crippen MR) is 79.7 cm³/mol. The molecule has 19 heavy (non-hydrogen) atoms. The Morgan fingerprint density at radius 2 is 2.11 bits per heavy atom. The van der Waals surface area contributed by atoms with Crippen LogP contribution in [0.15, 0.2) is 23.2 Å². The van der Waals surface area contributed by atoms with E-state index in [2.05, 4.69) is 28.5 Å². The Hall–Kier alpha value is -1.55. The first-order valence-electron chi connectivity index (χ1n) is 6.74. The Kier molecular flexibility index (Phi) is 4.10. The van der Waals surface area contributed by atoms with E-state index < -0.39 is 0 Å². The van der Waals surface area contributed by atoms with Gasteiger partial charge in [0, 0.05) is 12.8 Å². The number of fused-ring (bicyclic) bond motifs is 1. The molecule has 0 saturated heterocycles. The highest BCUT2D eigenvalue weighted by Gasteiger charge is 2.15. The second kappa shape index (κ2) is 5.61. The van der Waals surface area contributed by atoms with Gasteiger partial charge in [-0.1, -0.05) is 6.07 Å². The maximum absolute atomic E-state index is 5.90. The third-order valence-electron chi connectivity index (χ3n) is 3.55. The van der Waals surface area contributed by atoms with Gasteiger partial charge in [0.25, 0.3) is 0 Å². The largest absolute Gasteiger partial charge is 0.377 e. The first kappa shape index (κ1) is 13.9. The molecule has 0 fully saturated rings. The number of methoxy groups -OCH3 is 1. The van der Waals surface area contributed by atoms with Crippen molar-refractivity contribution < 1.29 is 4.74 Å². The van der Waals surface area contributed by atoms with E-state index in [9.17, 15) is 0 Å². The zero-order valence-corrected chi connectivity index (χ0v) is 12.0. The summed E-state index contributed by atoms with van der Waals surface area (Å²) in [7, 11) is 1.68. The summed E-state index contributed by atoms with van der Waals surface area (Å²) in [6, 6.07) is 6.41. The molecule has 2 rings (SSSR count). The maximum atomic E-state index is 5.90. The fourth-order valence-corrected chi connectivity index (χ4v) is 2.18. The predicted octanol–water partition coefficient (Wildman–Crippen LogP) is 2.33. The van der Waals surface area contributed by atoms with Gasteiger partial charge in [-0.2, -0.15) is 0 Å². The number of aryl methyl sites for hydroxylation is 2. The lowest BCUT2D eigenvalue weighted by molar-refractivity contribution is 0.0312. The number of hydrogen-bond acceptors (Lipinski definition) is 2. The Labute approximate surface area is 115 Å². The topological polar surface area (TPSA) is 59.6 Å². The van der Waals surface area contributed by atoms with Crippen molar-refractivity contribution in [3.8, 4) is 0 Å². The van der Waals surface area contributed by atoms with Crippen LogP contribution in [-0.2, 0) is 17.6 Å². The van der Waals surface area contributed by atoms with Crippen LogP contribution in [0.25, 0.3) is 0 Å². The Morgan fingerprint density at radius 1 is 1.37 bits per heavy atom. The lowest BCUT2D eigenvalue weighted by Crippen LogP contribution is -2.30. The van der Waals surface area contributed by atoms with E-state index in [1.165, 1.54) is 30.4 Å². The molecule has 0 spiro atoms. The molecule has 4 nitrogen and oxygen atoms in total. The second-order valence-corrected chi connectivity index (χ2v) is 5.63. The van der Waals surface area contributed by atoms with Crippen molar-refractivity contribution >= 4 is 11.6 Å². The van der Waals surface area contributed by atoms with Crippen LogP contribution in [0, 0.1) is 0 Å². The Balaban J connectivity index is 1.99. The zero-order valence-electron chi connectivity index (χ0n) is 12.0. The summed E-state index contributed by atoms with van der Waals surface area (Å²) in [5.41, 5.74) is 9.51. The number of aliphatic imine (C=N–C) groups is 1. The van der Waals surface area contributed by atoms with Crippen LogP contribution in [0.2, 0.25) is 0 Å². The number of hydrogen-bond donors (Lipinski definition) is 2. The van der Waals surface area contributed by atoms with E-state index >= 15 is 0 Å². The number of nitrogens with zero attached hydrogens (tertiary/aromatic N) is 1. The molecule has 0 aliphatic heterocycles. The van der Waals surface area contributed by atoms with Crippen LogP contribution in [0.3, 0.4) is 0 Å². The molecule has 1 aromatic carbocycles. The van der Waals surface area contributed by atoms with Gasteiger partial charge in [0.15, 0.2) is 5.96 Å². The summed E-state index contributed by atoms with van der Waals surface area (Å²) in [5.74, 6) is 0.433. The zero-order chi connectivity index (χ0) is 13.9. The van der Waals surface area contributed by atoms with Crippen molar-refractivity contribution in [2.75, 3.05) is 19.0 Å². The highest BCUT2D eigenvalue weighted by Crippen LogP contribution is 2.24. The molecule has 0 atom stereocenters. The van der Waals surface area contributed by atoms with Crippen LogP contribution in [-0.4, -0.2) is 25.2 Å². The van der Waals surface area contributed by atoms with Crippen molar-refractivity contribution in [2.24, 2.45) is 10.7 Å². The average Bonchev–Trinajstić information content (AvgIpc) is 2.84. The summed E-state index contributed by atoms with van der Waals surface area (Å²) >= 11 is 0. The number of ether oxygens (including phenoxy) is 1. The van der Waals surface area contributed by atoms with E-state index in [0.717, 1.165) is 5.69 Å². The standard InChI is InChI=1S/C15H23N3O/c1-15(2,19-3)10-17-14(16)18-13-8-7-11-5-4-6-12(11)9-13/h7-9H,4-6,10H2,1-3H3,(H3,16,17,18). The van der Waals surface area contributed by atoms with Gasteiger partial charge in [-0.3, -0.25) is 4.99 Å². The molecule has 3 N–H and O–H groups in total. The molecule has 0 radical (unpaired) electrons. The van der Waals surface area contributed by atoms with E-state index in [-0.39, 0.29) is 5.60 Å². The van der Waals surface area contributed by atoms with Gasteiger partial charge in [0.05, 0.1) is 12.1 Å². The smallest absolute Gasteiger partial charge is 0.193 e. The number of anilines is 1. The van der Waals surface area contributed by atoms with Crippen molar-refractivity contribution in [3.05, 3.63) is 29.3 Å². The summed E-state index contributed by atoms with van der Waals surface area (Å²) in [5, 5.41) is 3.14. The molecular formula is C15H23N3O. The molecule has 1 aliphatic carbocycles. The number of nitrogens with one attached hydrogen (secondary N) is 1. The summed E-state index contributed by atoms with van der Waals surface area (Å²) in [6.07, 6.45) is 3.62. The summed E-state index contributed by atoms with van der Waals surface area (Å²) in [6.45, 7) is 4.51. The molecule has 0 amide bonds. The molecule has 104 valence electrons. The van der Waals surface area contributed by atoms with E-state index in [1.54, 1.807) is 7.11 Å². The van der Waals surface area contributed by atoms with Gasteiger partial charge in [-0.15, -0.1) is 0 Å². The number of guanidine groups is 1. The third-order valence-corrected chi connectivity index (χ3v) is 3.55. The van der Waals surface area contributed by atoms with Gasteiger partial charge in [0.2, 0.25) is 0 Å². The second-order valence-electron chi connectivity index (χ2n) is 5.63. The van der Waals surface area contributed by atoms with Crippen molar-refractivity contribution in [3.63, 3.8) is 0 Å². The van der Waals surface area contributed by atoms with Crippen LogP contribution in [0.4, 0.5) is 5.69 Å². The molecule has 0 bridgehead atoms. The number of benzene rings is 1. The van der Waals surface area contributed by atoms with E-state index in [4.69, 9.17) is 10.5 Å². The molecular weight excluding hydrogens is 238 g/mol. The van der Waals surface area contributed by atoms with Gasteiger partial charge in [0.1, 0.15) is 0 Å². The highest BCUT2D eigenvalue weighted by molar-refractivity contribution is 5.92. The maximum Gasteiger partial charge on any atom is 0.193 e. The first-order chi connectivity index (χ1) is 9.00. The van der Waals surface area contributed by atoms with E-state index in [1.807, 2.05) is 13.8 Å². The van der Waals surface area contributed by atoms with Crippen LogP contribution < -0.4 is 11.1 Å². The molecule has 0 saturated carbocycles. The molecule has 1 aromatic rings. The van der Waals surface area contributed by atoms with Crippen LogP contribution in [0.5, 0.6) is 0 Å². The fraction of sp³-hybridized carbons (Fsp3) is 0.533. The SMILES string of the molecule is COC(C)(C)CN=C(N)Nc1ccc2c(c1)CCC2. The van der Waals surface area contributed by atoms with E-state index in [0.29, 0.717) is 12.5 Å².